The fourth-order valence-electron chi connectivity index (χ4n) is 1.96. The number of nitrogens with zero attached hydrogens (tertiary/aromatic N) is 1. The Hall–Kier alpha value is -1.29. The van der Waals surface area contributed by atoms with Gasteiger partial charge in [0.2, 0.25) is 5.91 Å². The van der Waals surface area contributed by atoms with Crippen molar-refractivity contribution in [2.24, 2.45) is 0 Å². The maximum absolute atomic E-state index is 11.8. The van der Waals surface area contributed by atoms with Gasteiger partial charge in [-0.3, -0.25) is 9.69 Å². The minimum absolute atomic E-state index is 0.0713. The number of hydrogen-bond donors (Lipinski definition) is 1. The van der Waals surface area contributed by atoms with E-state index in [-0.39, 0.29) is 5.91 Å². The molecule has 0 aliphatic heterocycles. The van der Waals surface area contributed by atoms with Gasteiger partial charge >= 0.3 is 0 Å². The van der Waals surface area contributed by atoms with Crippen molar-refractivity contribution in [2.75, 3.05) is 6.54 Å². The second-order valence-electron chi connectivity index (χ2n) is 4.85. The third-order valence-electron chi connectivity index (χ3n) is 3.05. The van der Waals surface area contributed by atoms with Crippen LogP contribution in [-0.4, -0.2) is 29.4 Å². The fraction of sp³-hybridized carbons (Fsp3) is 0.615. The molecule has 4 heteroatoms. The predicted molar refractivity (Wildman–Crippen MR) is 65.4 cm³/mol. The molecule has 2 rings (SSSR count). The van der Waals surface area contributed by atoms with Gasteiger partial charge in [0.25, 0.3) is 0 Å². The van der Waals surface area contributed by atoms with E-state index in [2.05, 4.69) is 24.1 Å². The highest BCUT2D eigenvalue weighted by Crippen LogP contribution is 2.28. The normalized spacial score (nSPS) is 15.5. The van der Waals surface area contributed by atoms with Crippen molar-refractivity contribution >= 4 is 5.91 Å². The molecule has 0 spiro atoms. The maximum Gasteiger partial charge on any atom is 0.234 e. The lowest BCUT2D eigenvalue weighted by Gasteiger charge is -2.25. The van der Waals surface area contributed by atoms with E-state index in [4.69, 9.17) is 4.42 Å². The summed E-state index contributed by atoms with van der Waals surface area (Å²) in [6.07, 6.45) is 4.07. The molecule has 1 aliphatic carbocycles. The molecule has 1 aromatic rings. The number of hydrogen-bond acceptors (Lipinski definition) is 3. The molecule has 4 nitrogen and oxygen atoms in total. The monoisotopic (exact) mass is 236 g/mol. The Kier molecular flexibility index (Phi) is 3.84. The molecular weight excluding hydrogens is 216 g/mol. The van der Waals surface area contributed by atoms with Crippen molar-refractivity contribution in [1.29, 1.82) is 0 Å². The highest BCUT2D eigenvalue weighted by Gasteiger charge is 2.31. The van der Waals surface area contributed by atoms with Crippen LogP contribution in [-0.2, 0) is 11.3 Å². The van der Waals surface area contributed by atoms with E-state index in [0.717, 1.165) is 5.76 Å². The highest BCUT2D eigenvalue weighted by atomic mass is 16.3. The molecular formula is C13H20N2O2. The molecule has 0 radical (unpaired) electrons. The summed E-state index contributed by atoms with van der Waals surface area (Å²) in [4.78, 5) is 14.1. The van der Waals surface area contributed by atoms with Crippen LogP contribution in [0.15, 0.2) is 22.8 Å². The molecule has 0 atom stereocenters. The maximum atomic E-state index is 11.8. The Morgan fingerprint density at radius 2 is 2.35 bits per heavy atom. The molecule has 1 N–H and O–H groups in total. The van der Waals surface area contributed by atoms with E-state index in [9.17, 15) is 4.79 Å². The minimum atomic E-state index is 0.0713. The van der Waals surface area contributed by atoms with E-state index in [1.54, 1.807) is 6.26 Å². The van der Waals surface area contributed by atoms with Crippen LogP contribution in [0, 0.1) is 0 Å². The largest absolute Gasteiger partial charge is 0.467 e. The van der Waals surface area contributed by atoms with E-state index in [1.165, 1.54) is 12.8 Å². The van der Waals surface area contributed by atoms with Gasteiger partial charge in [0, 0.05) is 12.1 Å². The Balaban J connectivity index is 1.75. The topological polar surface area (TPSA) is 45.5 Å². The predicted octanol–water partition coefficient (Wildman–Crippen LogP) is 1.77. The standard InChI is InChI=1S/C13H20N2O2/c1-10(2)15(11-5-6-11)9-13(16)14-8-12-4-3-7-17-12/h3-4,7,10-11H,5-6,8-9H2,1-2H3,(H,14,16). The Bertz CT molecular complexity index is 354. The van der Waals surface area contributed by atoms with E-state index in [0.29, 0.717) is 25.2 Å². The van der Waals surface area contributed by atoms with Crippen molar-refractivity contribution < 1.29 is 9.21 Å². The van der Waals surface area contributed by atoms with Crippen LogP contribution >= 0.6 is 0 Å². The summed E-state index contributed by atoms with van der Waals surface area (Å²) in [7, 11) is 0. The molecule has 1 aliphatic rings. The summed E-state index contributed by atoms with van der Waals surface area (Å²) < 4.78 is 5.17. The lowest BCUT2D eigenvalue weighted by molar-refractivity contribution is -0.123. The van der Waals surface area contributed by atoms with E-state index >= 15 is 0 Å². The quantitative estimate of drug-likeness (QED) is 0.818. The molecule has 17 heavy (non-hydrogen) atoms. The van der Waals surface area contributed by atoms with Crippen molar-refractivity contribution in [3.05, 3.63) is 24.2 Å². The van der Waals surface area contributed by atoms with E-state index < -0.39 is 0 Å². The number of amides is 1. The second-order valence-corrected chi connectivity index (χ2v) is 4.85. The van der Waals surface area contributed by atoms with Crippen LogP contribution in [0.4, 0.5) is 0 Å². The van der Waals surface area contributed by atoms with Crippen LogP contribution in [0.1, 0.15) is 32.4 Å². The zero-order valence-corrected chi connectivity index (χ0v) is 10.5. The SMILES string of the molecule is CC(C)N(CC(=O)NCc1ccco1)C1CC1. The molecule has 94 valence electrons. The van der Waals surface area contributed by atoms with Crippen LogP contribution in [0.5, 0.6) is 0 Å². The first-order chi connectivity index (χ1) is 8.16. The van der Waals surface area contributed by atoms with E-state index in [1.807, 2.05) is 12.1 Å². The van der Waals surface area contributed by atoms with Gasteiger partial charge in [0.05, 0.1) is 19.4 Å². The van der Waals surface area contributed by atoms with Crippen molar-refractivity contribution in [3.63, 3.8) is 0 Å². The Morgan fingerprint density at radius 1 is 1.59 bits per heavy atom. The molecule has 0 aromatic carbocycles. The van der Waals surface area contributed by atoms with Gasteiger partial charge in [0.1, 0.15) is 5.76 Å². The number of carbonyl (C=O) groups is 1. The zero-order chi connectivity index (χ0) is 12.3. The summed E-state index contributed by atoms with van der Waals surface area (Å²) in [5.41, 5.74) is 0. The first-order valence-electron chi connectivity index (χ1n) is 6.21. The smallest absolute Gasteiger partial charge is 0.234 e. The zero-order valence-electron chi connectivity index (χ0n) is 10.5. The van der Waals surface area contributed by atoms with Gasteiger partial charge in [-0.15, -0.1) is 0 Å². The first kappa shape index (κ1) is 12.2. The molecule has 1 heterocycles. The third-order valence-corrected chi connectivity index (χ3v) is 3.05. The molecule has 1 fully saturated rings. The third kappa shape index (κ3) is 3.60. The molecule has 0 bridgehead atoms. The molecule has 1 amide bonds. The summed E-state index contributed by atoms with van der Waals surface area (Å²) >= 11 is 0. The van der Waals surface area contributed by atoms with Gasteiger partial charge < -0.3 is 9.73 Å². The van der Waals surface area contributed by atoms with Crippen molar-refractivity contribution in [1.82, 2.24) is 10.2 Å². The molecule has 0 saturated heterocycles. The van der Waals surface area contributed by atoms with Crippen molar-refractivity contribution in [2.45, 2.75) is 45.3 Å². The molecule has 1 saturated carbocycles. The van der Waals surface area contributed by atoms with Gasteiger partial charge in [0.15, 0.2) is 0 Å². The first-order valence-corrected chi connectivity index (χ1v) is 6.21. The number of furan rings is 1. The summed E-state index contributed by atoms with van der Waals surface area (Å²) in [5.74, 6) is 0.864. The average Bonchev–Trinajstić information content (AvgIpc) is 2.99. The summed E-state index contributed by atoms with van der Waals surface area (Å²) in [5, 5.41) is 2.88. The van der Waals surface area contributed by atoms with Crippen LogP contribution in [0.2, 0.25) is 0 Å². The lowest BCUT2D eigenvalue weighted by atomic mass is 10.3. The highest BCUT2D eigenvalue weighted by molar-refractivity contribution is 5.78. The fourth-order valence-corrected chi connectivity index (χ4v) is 1.96. The molecule has 0 unspecified atom stereocenters. The number of nitrogens with one attached hydrogen (secondary N) is 1. The van der Waals surface area contributed by atoms with Crippen LogP contribution in [0.3, 0.4) is 0 Å². The van der Waals surface area contributed by atoms with Crippen molar-refractivity contribution in [3.8, 4) is 0 Å². The Labute approximate surface area is 102 Å². The Morgan fingerprint density at radius 3 is 2.88 bits per heavy atom. The van der Waals surface area contributed by atoms with Gasteiger partial charge in [-0.05, 0) is 38.8 Å². The van der Waals surface area contributed by atoms with Crippen LogP contribution < -0.4 is 5.32 Å². The van der Waals surface area contributed by atoms with Crippen LogP contribution in [0.25, 0.3) is 0 Å². The van der Waals surface area contributed by atoms with Gasteiger partial charge in [-0.2, -0.15) is 0 Å². The van der Waals surface area contributed by atoms with Gasteiger partial charge in [-0.1, -0.05) is 0 Å². The molecule has 1 aromatic heterocycles. The minimum Gasteiger partial charge on any atom is -0.467 e. The summed E-state index contributed by atoms with van der Waals surface area (Å²) in [6.45, 7) is 5.24. The van der Waals surface area contributed by atoms with Gasteiger partial charge in [-0.25, -0.2) is 0 Å². The number of carbonyl (C=O) groups excluding carboxylic acids is 1. The lowest BCUT2D eigenvalue weighted by Crippen LogP contribution is -2.41. The average molecular weight is 236 g/mol. The number of rotatable bonds is 6. The summed E-state index contributed by atoms with van der Waals surface area (Å²) in [6, 6.07) is 4.73. The second kappa shape index (κ2) is 5.36.